The highest BCUT2D eigenvalue weighted by Crippen LogP contribution is 2.36. The van der Waals surface area contributed by atoms with Gasteiger partial charge in [0.25, 0.3) is 0 Å². The zero-order valence-corrected chi connectivity index (χ0v) is 6.80. The highest BCUT2D eigenvalue weighted by Gasteiger charge is 2.36. The number of hydrogen-bond acceptors (Lipinski definition) is 3. The highest BCUT2D eigenvalue weighted by atomic mass is 16.4. The summed E-state index contributed by atoms with van der Waals surface area (Å²) in [5.41, 5.74) is -0.270. The van der Waals surface area contributed by atoms with Gasteiger partial charge in [0.2, 0.25) is 0 Å². The van der Waals surface area contributed by atoms with Gasteiger partial charge >= 0.3 is 11.7 Å². The Morgan fingerprint density at radius 2 is 2.38 bits per heavy atom. The Labute approximate surface area is 73.2 Å². The lowest BCUT2D eigenvalue weighted by atomic mass is 9.80. The van der Waals surface area contributed by atoms with Crippen molar-refractivity contribution in [3.8, 4) is 0 Å². The smallest absolute Gasteiger partial charge is 0.343 e. The second-order valence-corrected chi connectivity index (χ2v) is 3.23. The lowest BCUT2D eigenvalue weighted by Crippen LogP contribution is -2.36. The van der Waals surface area contributed by atoms with Crippen LogP contribution in [-0.2, 0) is 4.79 Å². The van der Waals surface area contributed by atoms with Gasteiger partial charge in [0.05, 0.1) is 5.92 Å². The summed E-state index contributed by atoms with van der Waals surface area (Å²) in [4.78, 5) is 21.5. The van der Waals surface area contributed by atoms with Crippen LogP contribution in [0.25, 0.3) is 0 Å². The molecule has 6 heteroatoms. The first-order chi connectivity index (χ1) is 6.18. The monoisotopic (exact) mass is 183 g/mol. The minimum atomic E-state index is -0.784. The van der Waals surface area contributed by atoms with Crippen LogP contribution in [0, 0.1) is 5.92 Å². The molecule has 2 N–H and O–H groups in total. The van der Waals surface area contributed by atoms with E-state index in [1.807, 2.05) is 0 Å². The first-order valence-electron chi connectivity index (χ1n) is 4.03. The van der Waals surface area contributed by atoms with Gasteiger partial charge in [-0.3, -0.25) is 9.36 Å². The summed E-state index contributed by atoms with van der Waals surface area (Å²) in [5.74, 6) is -1.08. The molecule has 1 aromatic heterocycles. The Morgan fingerprint density at radius 1 is 1.69 bits per heavy atom. The van der Waals surface area contributed by atoms with E-state index in [0.717, 1.165) is 0 Å². The van der Waals surface area contributed by atoms with Gasteiger partial charge in [-0.05, 0) is 12.8 Å². The van der Waals surface area contributed by atoms with Crippen LogP contribution in [0.3, 0.4) is 0 Å². The van der Waals surface area contributed by atoms with Gasteiger partial charge in [0.15, 0.2) is 0 Å². The molecule has 0 aromatic carbocycles. The molecule has 0 unspecified atom stereocenters. The predicted molar refractivity (Wildman–Crippen MR) is 42.2 cm³/mol. The van der Waals surface area contributed by atoms with E-state index in [1.54, 1.807) is 0 Å². The van der Waals surface area contributed by atoms with Crippen LogP contribution < -0.4 is 5.69 Å². The lowest BCUT2D eigenvalue weighted by Gasteiger charge is -2.31. The summed E-state index contributed by atoms with van der Waals surface area (Å²) >= 11 is 0. The average Bonchev–Trinajstić information content (AvgIpc) is 2.32. The van der Waals surface area contributed by atoms with Gasteiger partial charge in [-0.1, -0.05) is 0 Å². The molecule has 0 amide bonds. The average molecular weight is 183 g/mol. The van der Waals surface area contributed by atoms with E-state index < -0.39 is 5.97 Å². The molecule has 0 radical (unpaired) electrons. The summed E-state index contributed by atoms with van der Waals surface area (Å²) in [5, 5.41) is 14.5. The Morgan fingerprint density at radius 3 is 2.85 bits per heavy atom. The van der Waals surface area contributed by atoms with Crippen molar-refractivity contribution in [1.82, 2.24) is 14.8 Å². The molecule has 0 atom stereocenters. The molecule has 0 spiro atoms. The topological polar surface area (TPSA) is 88.0 Å². The number of aromatic amines is 1. The van der Waals surface area contributed by atoms with Crippen molar-refractivity contribution in [2.75, 3.05) is 0 Å². The molecule has 70 valence electrons. The number of carboxylic acid groups (broad SMARTS) is 1. The summed E-state index contributed by atoms with van der Waals surface area (Å²) in [6.45, 7) is 0. The van der Waals surface area contributed by atoms with Crippen LogP contribution in [0.15, 0.2) is 11.1 Å². The maximum atomic E-state index is 11.0. The molecule has 6 nitrogen and oxygen atoms in total. The van der Waals surface area contributed by atoms with Crippen molar-refractivity contribution >= 4 is 5.97 Å². The first kappa shape index (κ1) is 8.03. The largest absolute Gasteiger partial charge is 0.481 e. The van der Waals surface area contributed by atoms with Crippen LogP contribution in [0.2, 0.25) is 0 Å². The van der Waals surface area contributed by atoms with Gasteiger partial charge in [-0.2, -0.15) is 5.10 Å². The predicted octanol–water partition coefficient (Wildman–Crippen LogP) is -0.393. The highest BCUT2D eigenvalue weighted by molar-refractivity contribution is 5.71. The fourth-order valence-corrected chi connectivity index (χ4v) is 1.53. The fourth-order valence-electron chi connectivity index (χ4n) is 1.53. The molecule has 0 saturated heterocycles. The van der Waals surface area contributed by atoms with E-state index >= 15 is 0 Å². The van der Waals surface area contributed by atoms with Gasteiger partial charge < -0.3 is 5.11 Å². The van der Waals surface area contributed by atoms with E-state index in [4.69, 9.17) is 5.11 Å². The number of carbonyl (C=O) groups is 1. The van der Waals surface area contributed by atoms with Gasteiger partial charge in [0.1, 0.15) is 6.33 Å². The van der Waals surface area contributed by atoms with Gasteiger partial charge in [0, 0.05) is 6.04 Å². The zero-order chi connectivity index (χ0) is 9.42. The molecule has 0 aliphatic heterocycles. The van der Waals surface area contributed by atoms with Crippen LogP contribution in [0.5, 0.6) is 0 Å². The third kappa shape index (κ3) is 1.24. The van der Waals surface area contributed by atoms with Crippen molar-refractivity contribution in [3.63, 3.8) is 0 Å². The van der Waals surface area contributed by atoms with Crippen molar-refractivity contribution in [1.29, 1.82) is 0 Å². The number of H-pyrrole nitrogens is 1. The van der Waals surface area contributed by atoms with Gasteiger partial charge in [-0.25, -0.2) is 9.89 Å². The summed E-state index contributed by atoms with van der Waals surface area (Å²) in [6.07, 6.45) is 2.45. The minimum absolute atomic E-state index is 0.00681. The van der Waals surface area contributed by atoms with E-state index in [-0.39, 0.29) is 17.6 Å². The van der Waals surface area contributed by atoms with E-state index in [2.05, 4.69) is 10.2 Å². The maximum Gasteiger partial charge on any atom is 0.343 e. The zero-order valence-electron chi connectivity index (χ0n) is 6.80. The number of aliphatic carboxylic acids is 1. The van der Waals surface area contributed by atoms with E-state index in [1.165, 1.54) is 10.9 Å². The quantitative estimate of drug-likeness (QED) is 0.653. The second kappa shape index (κ2) is 2.72. The number of hydrogen-bond donors (Lipinski definition) is 2. The summed E-state index contributed by atoms with van der Waals surface area (Å²) < 4.78 is 1.44. The molecule has 0 bridgehead atoms. The van der Waals surface area contributed by atoms with Crippen molar-refractivity contribution in [2.24, 2.45) is 5.92 Å². The number of nitrogens with one attached hydrogen (secondary N) is 1. The standard InChI is InChI=1S/C7H9N3O3/c11-6(12)4-1-5(2-4)10-3-8-9-7(10)13/h3-5H,1-2H2,(H,9,13)(H,11,12). The van der Waals surface area contributed by atoms with Gasteiger partial charge in [-0.15, -0.1) is 0 Å². The summed E-state index contributed by atoms with van der Waals surface area (Å²) in [7, 11) is 0. The molecular weight excluding hydrogens is 174 g/mol. The Balaban J connectivity index is 2.05. The third-order valence-electron chi connectivity index (χ3n) is 2.43. The molecular formula is C7H9N3O3. The molecule has 1 saturated carbocycles. The minimum Gasteiger partial charge on any atom is -0.481 e. The number of nitrogens with zero attached hydrogens (tertiary/aromatic N) is 2. The third-order valence-corrected chi connectivity index (χ3v) is 2.43. The molecule has 1 aliphatic carbocycles. The fraction of sp³-hybridized carbons (Fsp3) is 0.571. The Kier molecular flexibility index (Phi) is 1.68. The number of carboxylic acids is 1. The van der Waals surface area contributed by atoms with Crippen molar-refractivity contribution in [2.45, 2.75) is 18.9 Å². The lowest BCUT2D eigenvalue weighted by molar-refractivity contribution is -0.146. The normalized spacial score (nSPS) is 26.8. The maximum absolute atomic E-state index is 11.0. The molecule has 1 heterocycles. The number of rotatable bonds is 2. The van der Waals surface area contributed by atoms with Crippen molar-refractivity contribution in [3.05, 3.63) is 16.8 Å². The van der Waals surface area contributed by atoms with Crippen LogP contribution in [0.4, 0.5) is 0 Å². The van der Waals surface area contributed by atoms with Crippen LogP contribution in [-0.4, -0.2) is 25.8 Å². The molecule has 2 rings (SSSR count). The Bertz CT molecular complexity index is 374. The first-order valence-corrected chi connectivity index (χ1v) is 4.03. The number of aromatic nitrogens is 3. The second-order valence-electron chi connectivity index (χ2n) is 3.23. The summed E-state index contributed by atoms with van der Waals surface area (Å²) in [6, 6.07) is 0.00681. The Hall–Kier alpha value is -1.59. The van der Waals surface area contributed by atoms with E-state index in [0.29, 0.717) is 12.8 Å². The molecule has 13 heavy (non-hydrogen) atoms. The van der Waals surface area contributed by atoms with Crippen LogP contribution in [0.1, 0.15) is 18.9 Å². The molecule has 1 aromatic rings. The SMILES string of the molecule is O=C(O)C1CC(n2cn[nH]c2=O)C1. The van der Waals surface area contributed by atoms with E-state index in [9.17, 15) is 9.59 Å². The van der Waals surface area contributed by atoms with Crippen LogP contribution >= 0.6 is 0 Å². The molecule has 1 aliphatic rings. The van der Waals surface area contributed by atoms with Crippen molar-refractivity contribution < 1.29 is 9.90 Å². The molecule has 1 fully saturated rings.